The van der Waals surface area contributed by atoms with E-state index in [1.54, 1.807) is 12.1 Å². The van der Waals surface area contributed by atoms with E-state index in [1.807, 2.05) is 19.1 Å². The van der Waals surface area contributed by atoms with Crippen LogP contribution in [0.15, 0.2) is 24.3 Å². The van der Waals surface area contributed by atoms with E-state index < -0.39 is 0 Å². The van der Waals surface area contributed by atoms with E-state index in [-0.39, 0.29) is 5.60 Å². The average Bonchev–Trinajstić information content (AvgIpc) is 2.32. The molecule has 1 aromatic rings. The van der Waals surface area contributed by atoms with Gasteiger partial charge in [0.25, 0.3) is 0 Å². The van der Waals surface area contributed by atoms with Crippen molar-refractivity contribution in [2.45, 2.75) is 45.8 Å². The highest BCUT2D eigenvalue weighted by atomic mass is 16.5. The van der Waals surface area contributed by atoms with Crippen molar-refractivity contribution in [2.75, 3.05) is 13.2 Å². The summed E-state index contributed by atoms with van der Waals surface area (Å²) in [6.45, 7) is 9.88. The molecule has 18 heavy (non-hydrogen) atoms. The van der Waals surface area contributed by atoms with Crippen molar-refractivity contribution in [3.05, 3.63) is 29.8 Å². The third-order valence-corrected chi connectivity index (χ3v) is 3.01. The van der Waals surface area contributed by atoms with Gasteiger partial charge in [-0.15, -0.1) is 0 Å². The van der Waals surface area contributed by atoms with Crippen LogP contribution in [0.2, 0.25) is 0 Å². The van der Waals surface area contributed by atoms with Gasteiger partial charge < -0.3 is 15.2 Å². The molecular formula is C15H25NO2. The van der Waals surface area contributed by atoms with Crippen molar-refractivity contribution in [3.63, 3.8) is 0 Å². The molecule has 0 aliphatic carbocycles. The van der Waals surface area contributed by atoms with Crippen molar-refractivity contribution in [2.24, 2.45) is 0 Å². The van der Waals surface area contributed by atoms with Gasteiger partial charge in [-0.25, -0.2) is 0 Å². The Morgan fingerprint density at radius 3 is 2.33 bits per heavy atom. The van der Waals surface area contributed by atoms with E-state index >= 15 is 0 Å². The van der Waals surface area contributed by atoms with Crippen LogP contribution in [0.5, 0.6) is 5.75 Å². The van der Waals surface area contributed by atoms with Gasteiger partial charge in [0.1, 0.15) is 5.75 Å². The van der Waals surface area contributed by atoms with Gasteiger partial charge >= 0.3 is 0 Å². The van der Waals surface area contributed by atoms with Crippen molar-refractivity contribution in [3.8, 4) is 5.75 Å². The Bertz CT molecular complexity index is 346. The number of phenols is 1. The molecule has 0 radical (unpaired) electrons. The first kappa shape index (κ1) is 15.0. The molecule has 0 aliphatic rings. The lowest BCUT2D eigenvalue weighted by Gasteiger charge is -2.28. The van der Waals surface area contributed by atoms with Crippen LogP contribution in [-0.4, -0.2) is 23.9 Å². The lowest BCUT2D eigenvalue weighted by atomic mass is 10.0. The molecule has 3 nitrogen and oxygen atoms in total. The molecule has 1 rings (SSSR count). The Morgan fingerprint density at radius 1 is 1.22 bits per heavy atom. The summed E-state index contributed by atoms with van der Waals surface area (Å²) in [4.78, 5) is 0. The Labute approximate surface area is 110 Å². The average molecular weight is 251 g/mol. The van der Waals surface area contributed by atoms with E-state index in [4.69, 9.17) is 4.74 Å². The fraction of sp³-hybridized carbons (Fsp3) is 0.600. The molecule has 2 N–H and O–H groups in total. The molecule has 0 aliphatic heterocycles. The molecule has 1 aromatic carbocycles. The minimum atomic E-state index is -0.154. The normalized spacial score (nSPS) is 13.6. The van der Waals surface area contributed by atoms with Gasteiger partial charge in [-0.2, -0.15) is 0 Å². The smallest absolute Gasteiger partial charge is 0.115 e. The number of phenolic OH excluding ortho intramolecular Hbond substituents is 1. The first-order valence-electron chi connectivity index (χ1n) is 6.64. The third kappa shape index (κ3) is 4.67. The van der Waals surface area contributed by atoms with E-state index in [9.17, 15) is 5.11 Å². The van der Waals surface area contributed by atoms with Crippen LogP contribution >= 0.6 is 0 Å². The zero-order valence-corrected chi connectivity index (χ0v) is 11.9. The monoisotopic (exact) mass is 251 g/mol. The quantitative estimate of drug-likeness (QED) is 0.781. The van der Waals surface area contributed by atoms with E-state index in [2.05, 4.69) is 26.1 Å². The van der Waals surface area contributed by atoms with Gasteiger partial charge in [0.15, 0.2) is 0 Å². The van der Waals surface area contributed by atoms with E-state index in [0.29, 0.717) is 11.8 Å². The zero-order chi connectivity index (χ0) is 13.6. The number of rotatable bonds is 7. The van der Waals surface area contributed by atoms with Gasteiger partial charge in [0.2, 0.25) is 0 Å². The van der Waals surface area contributed by atoms with Gasteiger partial charge in [-0.1, -0.05) is 19.1 Å². The summed E-state index contributed by atoms with van der Waals surface area (Å²) in [6.07, 6.45) is 1.01. The lowest BCUT2D eigenvalue weighted by molar-refractivity contribution is -0.0107. The third-order valence-electron chi connectivity index (χ3n) is 3.01. The molecule has 0 fully saturated rings. The van der Waals surface area contributed by atoms with Crippen LogP contribution in [0.25, 0.3) is 0 Å². The minimum absolute atomic E-state index is 0.154. The first-order valence-corrected chi connectivity index (χ1v) is 6.64. The van der Waals surface area contributed by atoms with Gasteiger partial charge in [0.05, 0.1) is 5.60 Å². The van der Waals surface area contributed by atoms with Crippen molar-refractivity contribution in [1.82, 2.24) is 5.32 Å². The molecule has 0 bridgehead atoms. The molecule has 1 atom stereocenters. The van der Waals surface area contributed by atoms with Gasteiger partial charge in [0, 0.05) is 19.2 Å². The summed E-state index contributed by atoms with van der Waals surface area (Å²) in [5, 5.41) is 12.8. The van der Waals surface area contributed by atoms with Crippen LogP contribution < -0.4 is 5.32 Å². The Balaban J connectivity index is 2.60. The molecule has 0 aromatic heterocycles. The minimum Gasteiger partial charge on any atom is -0.508 e. The highest BCUT2D eigenvalue weighted by Crippen LogP contribution is 2.20. The molecule has 0 saturated heterocycles. The Kier molecular flexibility index (Phi) is 5.63. The predicted molar refractivity (Wildman–Crippen MR) is 74.8 cm³/mol. The maximum atomic E-state index is 9.30. The highest BCUT2D eigenvalue weighted by Gasteiger charge is 2.19. The summed E-state index contributed by atoms with van der Waals surface area (Å²) in [5.41, 5.74) is 1.04. The summed E-state index contributed by atoms with van der Waals surface area (Å²) < 4.78 is 5.68. The second-order valence-corrected chi connectivity index (χ2v) is 5.13. The number of hydrogen-bond donors (Lipinski definition) is 2. The molecule has 1 unspecified atom stereocenters. The van der Waals surface area contributed by atoms with Crippen LogP contribution in [-0.2, 0) is 4.74 Å². The zero-order valence-electron chi connectivity index (χ0n) is 11.9. The maximum Gasteiger partial charge on any atom is 0.115 e. The van der Waals surface area contributed by atoms with Gasteiger partial charge in [-0.05, 0) is 44.9 Å². The fourth-order valence-corrected chi connectivity index (χ4v) is 2.02. The summed E-state index contributed by atoms with van der Waals surface area (Å²) in [7, 11) is 0. The summed E-state index contributed by atoms with van der Waals surface area (Å²) in [5.74, 6) is 0.309. The van der Waals surface area contributed by atoms with Crippen molar-refractivity contribution in [1.29, 1.82) is 0 Å². The topological polar surface area (TPSA) is 41.5 Å². The first-order chi connectivity index (χ1) is 8.48. The number of nitrogens with one attached hydrogen (secondary N) is 1. The Hall–Kier alpha value is -1.06. The van der Waals surface area contributed by atoms with Crippen LogP contribution in [0, 0.1) is 0 Å². The molecule has 3 heteroatoms. The van der Waals surface area contributed by atoms with Crippen LogP contribution in [0.3, 0.4) is 0 Å². The molecule has 102 valence electrons. The summed E-state index contributed by atoms with van der Waals surface area (Å²) in [6, 6.07) is 7.68. The molecular weight excluding hydrogens is 226 g/mol. The standard InChI is InChI=1S/C15H25NO2/c1-5-14(12-7-9-13(17)10-8-12)16-11-15(3,4)18-6-2/h7-10,14,16-17H,5-6,11H2,1-4H3. The second kappa shape index (κ2) is 6.76. The SMILES string of the molecule is CCOC(C)(C)CNC(CC)c1ccc(O)cc1. The number of hydrogen-bond acceptors (Lipinski definition) is 3. The summed E-state index contributed by atoms with van der Waals surface area (Å²) >= 11 is 0. The highest BCUT2D eigenvalue weighted by molar-refractivity contribution is 5.28. The van der Waals surface area contributed by atoms with Crippen LogP contribution in [0.1, 0.15) is 45.7 Å². The number of ether oxygens (including phenoxy) is 1. The maximum absolute atomic E-state index is 9.30. The van der Waals surface area contributed by atoms with E-state index in [0.717, 1.165) is 19.6 Å². The Morgan fingerprint density at radius 2 is 1.83 bits per heavy atom. The molecule has 0 heterocycles. The second-order valence-electron chi connectivity index (χ2n) is 5.13. The van der Waals surface area contributed by atoms with Crippen molar-refractivity contribution >= 4 is 0 Å². The van der Waals surface area contributed by atoms with E-state index in [1.165, 1.54) is 5.56 Å². The molecule has 0 amide bonds. The number of benzene rings is 1. The largest absolute Gasteiger partial charge is 0.508 e. The fourth-order valence-electron chi connectivity index (χ4n) is 2.02. The van der Waals surface area contributed by atoms with Crippen molar-refractivity contribution < 1.29 is 9.84 Å². The molecule has 0 saturated carbocycles. The van der Waals surface area contributed by atoms with Gasteiger partial charge in [-0.3, -0.25) is 0 Å². The predicted octanol–water partition coefficient (Wildman–Crippen LogP) is 3.25. The molecule has 0 spiro atoms. The lowest BCUT2D eigenvalue weighted by Crippen LogP contribution is -2.39. The number of aromatic hydroxyl groups is 1. The van der Waals surface area contributed by atoms with Crippen LogP contribution in [0.4, 0.5) is 0 Å².